The number of nitro benzene ring substituents is 1. The first kappa shape index (κ1) is 26.0. The van der Waals surface area contributed by atoms with Gasteiger partial charge in [0.2, 0.25) is 0 Å². The van der Waals surface area contributed by atoms with Crippen LogP contribution in [0, 0.1) is 10.1 Å². The van der Waals surface area contributed by atoms with Gasteiger partial charge >= 0.3 is 36.1 Å². The number of halogens is 8. The van der Waals surface area contributed by atoms with Crippen molar-refractivity contribution in [3.8, 4) is 5.75 Å². The molecular formula is C16H13F8NO6. The maximum Gasteiger partial charge on any atom is 0.381 e. The van der Waals surface area contributed by atoms with E-state index in [2.05, 4.69) is 4.74 Å². The van der Waals surface area contributed by atoms with Crippen molar-refractivity contribution < 1.29 is 59.1 Å². The summed E-state index contributed by atoms with van der Waals surface area (Å²) in [4.78, 5) is 32.6. The Kier molecular flexibility index (Phi) is 8.29. The van der Waals surface area contributed by atoms with Crippen molar-refractivity contribution in [1.29, 1.82) is 0 Å². The highest BCUT2D eigenvalue weighted by Crippen LogP contribution is 2.48. The standard InChI is InChI=1S/C16H13F8NO6/c17-13(18)15(21,22)16(23,24)14(19,20)8-30-11(26)2-1-3-12(27)31-10-6-4-9(5-7-10)25(28)29/h4-7,13H,1-3,8H2. The van der Waals surface area contributed by atoms with Gasteiger partial charge in [-0.2, -0.15) is 26.3 Å². The van der Waals surface area contributed by atoms with Gasteiger partial charge in [-0.05, 0) is 18.6 Å². The molecule has 1 aromatic rings. The number of ether oxygens (including phenoxy) is 2. The van der Waals surface area contributed by atoms with E-state index in [9.17, 15) is 54.8 Å². The lowest BCUT2D eigenvalue weighted by molar-refractivity contribution is -0.384. The van der Waals surface area contributed by atoms with Gasteiger partial charge in [0.1, 0.15) is 5.75 Å². The van der Waals surface area contributed by atoms with E-state index in [1.807, 2.05) is 0 Å². The second kappa shape index (κ2) is 9.87. The van der Waals surface area contributed by atoms with E-state index in [1.165, 1.54) is 0 Å². The quantitative estimate of drug-likeness (QED) is 0.158. The van der Waals surface area contributed by atoms with Crippen molar-refractivity contribution in [3.05, 3.63) is 34.4 Å². The van der Waals surface area contributed by atoms with Crippen LogP contribution < -0.4 is 4.74 Å². The summed E-state index contributed by atoms with van der Waals surface area (Å²) in [6, 6.07) is 4.27. The van der Waals surface area contributed by atoms with E-state index >= 15 is 0 Å². The number of esters is 2. The Morgan fingerprint density at radius 2 is 1.48 bits per heavy atom. The van der Waals surface area contributed by atoms with Crippen LogP contribution in [-0.2, 0) is 14.3 Å². The number of non-ortho nitro benzene ring substituents is 1. The largest absolute Gasteiger partial charge is 0.459 e. The molecule has 0 saturated carbocycles. The first-order valence-corrected chi connectivity index (χ1v) is 8.14. The summed E-state index contributed by atoms with van der Waals surface area (Å²) >= 11 is 0. The van der Waals surface area contributed by atoms with E-state index in [-0.39, 0.29) is 17.9 Å². The number of benzene rings is 1. The Balaban J connectivity index is 2.47. The van der Waals surface area contributed by atoms with Gasteiger partial charge in [0, 0.05) is 25.0 Å². The maximum atomic E-state index is 13.2. The summed E-state index contributed by atoms with van der Waals surface area (Å²) in [6.07, 6.45) is -6.77. The van der Waals surface area contributed by atoms with Gasteiger partial charge in [-0.25, -0.2) is 8.78 Å². The molecule has 7 nitrogen and oxygen atoms in total. The lowest BCUT2D eigenvalue weighted by Crippen LogP contribution is -2.59. The second-order valence-corrected chi connectivity index (χ2v) is 5.94. The van der Waals surface area contributed by atoms with Crippen LogP contribution in [0.4, 0.5) is 40.8 Å². The zero-order chi connectivity index (χ0) is 24.0. The molecule has 0 fully saturated rings. The summed E-state index contributed by atoms with van der Waals surface area (Å²) in [6.45, 7) is -2.59. The molecule has 0 aliphatic carbocycles. The Hall–Kier alpha value is -3.00. The fourth-order valence-electron chi connectivity index (χ4n) is 1.91. The minimum Gasteiger partial charge on any atom is -0.459 e. The SMILES string of the molecule is O=C(CCCC(=O)Oc1ccc([N+](=O)[O-])cc1)OCC(F)(F)C(F)(F)C(F)(F)C(F)F. The smallest absolute Gasteiger partial charge is 0.381 e. The van der Waals surface area contributed by atoms with Crippen LogP contribution in [-0.4, -0.2) is 47.7 Å². The van der Waals surface area contributed by atoms with E-state index in [4.69, 9.17) is 4.74 Å². The minimum atomic E-state index is -6.50. The Labute approximate surface area is 168 Å². The molecule has 0 aliphatic rings. The van der Waals surface area contributed by atoms with Gasteiger partial charge in [-0.15, -0.1) is 0 Å². The zero-order valence-corrected chi connectivity index (χ0v) is 15.1. The predicted molar refractivity (Wildman–Crippen MR) is 84.4 cm³/mol. The summed E-state index contributed by atoms with van der Waals surface area (Å²) < 4.78 is 110. The van der Waals surface area contributed by atoms with Crippen LogP contribution in [0.3, 0.4) is 0 Å². The van der Waals surface area contributed by atoms with Gasteiger partial charge < -0.3 is 9.47 Å². The molecule has 0 bridgehead atoms. The first-order chi connectivity index (χ1) is 14.1. The zero-order valence-electron chi connectivity index (χ0n) is 15.1. The van der Waals surface area contributed by atoms with E-state index in [0.29, 0.717) is 0 Å². The molecule has 1 rings (SSSR count). The molecule has 0 N–H and O–H groups in total. The molecule has 1 aromatic carbocycles. The highest BCUT2D eigenvalue weighted by Gasteiger charge is 2.75. The summed E-state index contributed by atoms with van der Waals surface area (Å²) in [5.41, 5.74) is -0.281. The molecule has 31 heavy (non-hydrogen) atoms. The van der Waals surface area contributed by atoms with Gasteiger partial charge in [-0.1, -0.05) is 0 Å². The number of hydrogen-bond acceptors (Lipinski definition) is 6. The average molecular weight is 467 g/mol. The molecule has 0 saturated heterocycles. The van der Waals surface area contributed by atoms with Crippen LogP contribution in [0.25, 0.3) is 0 Å². The number of carbonyl (C=O) groups excluding carboxylic acids is 2. The van der Waals surface area contributed by atoms with E-state index in [1.54, 1.807) is 0 Å². The number of nitrogens with zero attached hydrogens (tertiary/aromatic N) is 1. The first-order valence-electron chi connectivity index (χ1n) is 8.14. The molecule has 0 atom stereocenters. The monoisotopic (exact) mass is 467 g/mol. The van der Waals surface area contributed by atoms with Crippen molar-refractivity contribution in [1.82, 2.24) is 0 Å². The lowest BCUT2D eigenvalue weighted by Gasteiger charge is -2.31. The Bertz CT molecular complexity index is 800. The maximum absolute atomic E-state index is 13.2. The molecule has 0 aromatic heterocycles. The Morgan fingerprint density at radius 3 is 1.97 bits per heavy atom. The average Bonchev–Trinajstić information content (AvgIpc) is 2.66. The lowest BCUT2D eigenvalue weighted by atomic mass is 10.1. The molecule has 0 aliphatic heterocycles. The number of rotatable bonds is 11. The van der Waals surface area contributed by atoms with Crippen LogP contribution in [0.15, 0.2) is 24.3 Å². The molecule has 0 amide bonds. The fraction of sp³-hybridized carbons (Fsp3) is 0.500. The van der Waals surface area contributed by atoms with Crippen LogP contribution in [0.1, 0.15) is 19.3 Å². The van der Waals surface area contributed by atoms with Gasteiger partial charge in [0.05, 0.1) is 4.92 Å². The topological polar surface area (TPSA) is 95.7 Å². The molecule has 15 heteroatoms. The molecule has 0 radical (unpaired) electrons. The molecule has 0 unspecified atom stereocenters. The fourth-order valence-corrected chi connectivity index (χ4v) is 1.91. The van der Waals surface area contributed by atoms with Crippen LogP contribution in [0.5, 0.6) is 5.75 Å². The summed E-state index contributed by atoms with van der Waals surface area (Å²) in [5, 5.41) is 10.5. The van der Waals surface area contributed by atoms with Crippen molar-refractivity contribution in [2.75, 3.05) is 6.61 Å². The minimum absolute atomic E-state index is 0.0833. The number of nitro groups is 1. The van der Waals surface area contributed by atoms with Crippen molar-refractivity contribution in [2.24, 2.45) is 0 Å². The number of alkyl halides is 8. The highest BCUT2D eigenvalue weighted by atomic mass is 19.4. The van der Waals surface area contributed by atoms with Crippen molar-refractivity contribution in [2.45, 2.75) is 43.5 Å². The van der Waals surface area contributed by atoms with E-state index in [0.717, 1.165) is 24.3 Å². The molecule has 0 spiro atoms. The number of hydrogen-bond donors (Lipinski definition) is 0. The van der Waals surface area contributed by atoms with Crippen LogP contribution in [0.2, 0.25) is 0 Å². The van der Waals surface area contributed by atoms with Crippen LogP contribution >= 0.6 is 0 Å². The number of carbonyl (C=O) groups is 2. The third-order valence-corrected chi connectivity index (χ3v) is 3.61. The normalized spacial score (nSPS) is 12.5. The van der Waals surface area contributed by atoms with Gasteiger partial charge in [0.25, 0.3) is 5.69 Å². The second-order valence-electron chi connectivity index (χ2n) is 5.94. The van der Waals surface area contributed by atoms with Crippen molar-refractivity contribution in [3.63, 3.8) is 0 Å². The predicted octanol–water partition coefficient (Wildman–Crippen LogP) is 4.38. The summed E-state index contributed by atoms with van der Waals surface area (Å²) in [5.74, 6) is -21.3. The van der Waals surface area contributed by atoms with Gasteiger partial charge in [0.15, 0.2) is 6.61 Å². The third-order valence-electron chi connectivity index (χ3n) is 3.61. The molecular weight excluding hydrogens is 454 g/mol. The van der Waals surface area contributed by atoms with E-state index < -0.39 is 60.5 Å². The highest BCUT2D eigenvalue weighted by molar-refractivity contribution is 5.74. The van der Waals surface area contributed by atoms with Gasteiger partial charge in [-0.3, -0.25) is 19.7 Å². The Morgan fingerprint density at radius 1 is 0.968 bits per heavy atom. The third kappa shape index (κ3) is 6.49. The van der Waals surface area contributed by atoms with Crippen molar-refractivity contribution >= 4 is 17.6 Å². The molecule has 174 valence electrons. The molecule has 0 heterocycles. The summed E-state index contributed by atoms with van der Waals surface area (Å²) in [7, 11) is 0.